The standard InChI is InChI=1S/C5H2F6O2.C5H8O2/c6-4(7,8)2(12)1-3(13)5(9,10)11;1-4(6)3-5(2)7/h1H2;3H2,1-2H3. The average Bonchev–Trinajstić information content (AvgIpc) is 2.12. The summed E-state index contributed by atoms with van der Waals surface area (Å²) in [6.45, 7) is 2.81. The van der Waals surface area contributed by atoms with Gasteiger partial charge in [-0.2, -0.15) is 26.3 Å². The molecule has 0 aliphatic carbocycles. The normalized spacial score (nSPS) is 11.2. The first kappa shape index (κ1) is 20.6. The van der Waals surface area contributed by atoms with E-state index in [1.165, 1.54) is 13.8 Å². The number of rotatable bonds is 4. The Morgan fingerprint density at radius 3 is 1.00 bits per heavy atom. The van der Waals surface area contributed by atoms with Crippen LogP contribution in [0.1, 0.15) is 26.7 Å². The smallest absolute Gasteiger partial charge is 0.300 e. The van der Waals surface area contributed by atoms with Gasteiger partial charge in [0.05, 0.1) is 12.8 Å². The van der Waals surface area contributed by atoms with E-state index in [4.69, 9.17) is 0 Å². The number of hydrogen-bond acceptors (Lipinski definition) is 4. The van der Waals surface area contributed by atoms with Gasteiger partial charge >= 0.3 is 12.4 Å². The Morgan fingerprint density at radius 1 is 0.650 bits per heavy atom. The highest BCUT2D eigenvalue weighted by atomic mass is 19.4. The number of carbonyl (C=O) groups is 4. The van der Waals surface area contributed by atoms with Crippen LogP contribution in [0.3, 0.4) is 0 Å². The second-order valence-electron chi connectivity index (χ2n) is 3.60. The SMILES string of the molecule is CC(=O)CC(C)=O.O=C(CC(=O)C(F)(F)F)C(F)(F)F. The molecular formula is C10H10F6O4. The van der Waals surface area contributed by atoms with Crippen LogP contribution in [-0.2, 0) is 19.2 Å². The lowest BCUT2D eigenvalue weighted by Gasteiger charge is -2.06. The Hall–Kier alpha value is -1.74. The Labute approximate surface area is 109 Å². The molecule has 0 aromatic rings. The molecule has 0 unspecified atom stereocenters. The van der Waals surface area contributed by atoms with Crippen molar-refractivity contribution < 1.29 is 45.5 Å². The van der Waals surface area contributed by atoms with Crippen LogP contribution < -0.4 is 0 Å². The Balaban J connectivity index is 0. The van der Waals surface area contributed by atoms with Crippen molar-refractivity contribution in [2.45, 2.75) is 39.0 Å². The van der Waals surface area contributed by atoms with Gasteiger partial charge in [0.25, 0.3) is 0 Å². The van der Waals surface area contributed by atoms with Crippen LogP contribution >= 0.6 is 0 Å². The van der Waals surface area contributed by atoms with Gasteiger partial charge in [-0.15, -0.1) is 0 Å². The largest absolute Gasteiger partial charge is 0.450 e. The highest BCUT2D eigenvalue weighted by Crippen LogP contribution is 2.23. The van der Waals surface area contributed by atoms with Gasteiger partial charge in [0.2, 0.25) is 11.6 Å². The molecule has 10 heteroatoms. The predicted molar refractivity (Wildman–Crippen MR) is 52.7 cm³/mol. The third-order valence-electron chi connectivity index (χ3n) is 1.45. The van der Waals surface area contributed by atoms with Crippen molar-refractivity contribution in [3.63, 3.8) is 0 Å². The van der Waals surface area contributed by atoms with E-state index in [9.17, 15) is 45.5 Å². The molecule has 0 aliphatic rings. The quantitative estimate of drug-likeness (QED) is 0.590. The molecular weight excluding hydrogens is 298 g/mol. The first-order chi connectivity index (χ1) is 8.67. The average molecular weight is 308 g/mol. The maximum absolute atomic E-state index is 11.3. The van der Waals surface area contributed by atoms with Gasteiger partial charge in [-0.3, -0.25) is 19.2 Å². The fraction of sp³-hybridized carbons (Fsp3) is 0.600. The molecule has 0 aromatic heterocycles. The van der Waals surface area contributed by atoms with E-state index in [1.807, 2.05) is 0 Å². The zero-order chi connectivity index (χ0) is 16.7. The summed E-state index contributed by atoms with van der Waals surface area (Å²) in [5.41, 5.74) is 0. The minimum Gasteiger partial charge on any atom is -0.300 e. The zero-order valence-electron chi connectivity index (χ0n) is 10.3. The second-order valence-corrected chi connectivity index (χ2v) is 3.60. The first-order valence-corrected chi connectivity index (χ1v) is 4.86. The summed E-state index contributed by atoms with van der Waals surface area (Å²) < 4.78 is 68.0. The Morgan fingerprint density at radius 2 is 0.900 bits per heavy atom. The van der Waals surface area contributed by atoms with Crippen LogP contribution in [0.25, 0.3) is 0 Å². The molecule has 0 aliphatic heterocycles. The summed E-state index contributed by atoms with van der Waals surface area (Å²) in [6, 6.07) is 0. The molecule has 0 fully saturated rings. The monoisotopic (exact) mass is 308 g/mol. The Bertz CT molecular complexity index is 358. The van der Waals surface area contributed by atoms with Crippen LogP contribution in [0.15, 0.2) is 0 Å². The fourth-order valence-corrected chi connectivity index (χ4v) is 0.697. The van der Waals surface area contributed by atoms with E-state index in [-0.39, 0.29) is 18.0 Å². The molecule has 0 aromatic carbocycles. The summed E-state index contributed by atoms with van der Waals surface area (Å²) in [6.07, 6.45) is -12.9. The van der Waals surface area contributed by atoms with E-state index >= 15 is 0 Å². The summed E-state index contributed by atoms with van der Waals surface area (Å²) in [4.78, 5) is 39.8. The molecule has 0 N–H and O–H groups in total. The van der Waals surface area contributed by atoms with Crippen molar-refractivity contribution >= 4 is 23.1 Å². The number of ketones is 4. The minimum absolute atomic E-state index is 0.0625. The Kier molecular flexibility index (Phi) is 7.98. The van der Waals surface area contributed by atoms with Crippen LogP contribution in [0, 0.1) is 0 Å². The molecule has 0 radical (unpaired) electrons. The van der Waals surface area contributed by atoms with Crippen molar-refractivity contribution in [2.24, 2.45) is 0 Å². The molecule has 116 valence electrons. The molecule has 0 spiro atoms. The summed E-state index contributed by atoms with van der Waals surface area (Å²) in [7, 11) is 0. The van der Waals surface area contributed by atoms with Gasteiger partial charge < -0.3 is 0 Å². The third kappa shape index (κ3) is 11.4. The fourth-order valence-electron chi connectivity index (χ4n) is 0.697. The van der Waals surface area contributed by atoms with Crippen molar-refractivity contribution in [3.05, 3.63) is 0 Å². The summed E-state index contributed by atoms with van der Waals surface area (Å²) in [5, 5.41) is 0. The summed E-state index contributed by atoms with van der Waals surface area (Å²) in [5.74, 6) is -5.52. The number of hydrogen-bond donors (Lipinski definition) is 0. The topological polar surface area (TPSA) is 68.3 Å². The molecule has 4 nitrogen and oxygen atoms in total. The molecule has 0 amide bonds. The molecule has 0 heterocycles. The zero-order valence-corrected chi connectivity index (χ0v) is 10.3. The van der Waals surface area contributed by atoms with Crippen molar-refractivity contribution in [2.75, 3.05) is 0 Å². The number of halogens is 6. The molecule has 0 atom stereocenters. The van der Waals surface area contributed by atoms with E-state index in [2.05, 4.69) is 0 Å². The highest BCUT2D eigenvalue weighted by molar-refractivity contribution is 6.03. The maximum atomic E-state index is 11.3. The molecule has 20 heavy (non-hydrogen) atoms. The maximum Gasteiger partial charge on any atom is 0.450 e. The van der Waals surface area contributed by atoms with Crippen molar-refractivity contribution in [1.29, 1.82) is 0 Å². The van der Waals surface area contributed by atoms with Crippen molar-refractivity contribution in [1.82, 2.24) is 0 Å². The summed E-state index contributed by atoms with van der Waals surface area (Å²) >= 11 is 0. The van der Waals surface area contributed by atoms with Crippen molar-refractivity contribution in [3.8, 4) is 0 Å². The van der Waals surface area contributed by atoms with E-state index in [0.717, 1.165) is 0 Å². The highest BCUT2D eigenvalue weighted by Gasteiger charge is 2.46. The van der Waals surface area contributed by atoms with Gasteiger partial charge in [0.1, 0.15) is 11.6 Å². The third-order valence-corrected chi connectivity index (χ3v) is 1.45. The van der Waals surface area contributed by atoms with E-state index in [0.29, 0.717) is 0 Å². The van der Waals surface area contributed by atoms with Gasteiger partial charge in [0.15, 0.2) is 0 Å². The minimum atomic E-state index is -5.40. The number of Topliss-reactive ketones (excluding diaryl/α,β-unsaturated/α-hetero) is 4. The van der Waals surface area contributed by atoms with E-state index in [1.54, 1.807) is 0 Å². The lowest BCUT2D eigenvalue weighted by atomic mass is 10.2. The lowest BCUT2D eigenvalue weighted by Crippen LogP contribution is -2.31. The second kappa shape index (κ2) is 7.75. The molecule has 0 rings (SSSR count). The van der Waals surface area contributed by atoms with Crippen LogP contribution in [0.2, 0.25) is 0 Å². The number of carbonyl (C=O) groups excluding carboxylic acids is 4. The first-order valence-electron chi connectivity index (χ1n) is 4.86. The molecule has 0 bridgehead atoms. The molecule has 0 saturated carbocycles. The van der Waals surface area contributed by atoms with Gasteiger partial charge in [0, 0.05) is 0 Å². The van der Waals surface area contributed by atoms with Gasteiger partial charge in [-0.25, -0.2) is 0 Å². The molecule has 0 saturated heterocycles. The van der Waals surface area contributed by atoms with Gasteiger partial charge in [-0.1, -0.05) is 0 Å². The van der Waals surface area contributed by atoms with Crippen LogP contribution in [-0.4, -0.2) is 35.5 Å². The van der Waals surface area contributed by atoms with Crippen LogP contribution in [0.5, 0.6) is 0 Å². The van der Waals surface area contributed by atoms with Gasteiger partial charge in [-0.05, 0) is 13.8 Å². The predicted octanol–water partition coefficient (Wildman–Crippen LogP) is 2.19. The van der Waals surface area contributed by atoms with Crippen LogP contribution in [0.4, 0.5) is 26.3 Å². The van der Waals surface area contributed by atoms with E-state index < -0.39 is 30.3 Å². The lowest BCUT2D eigenvalue weighted by molar-refractivity contribution is -0.182. The number of alkyl halides is 6.